The van der Waals surface area contributed by atoms with Crippen LogP contribution in [-0.2, 0) is 17.6 Å². The van der Waals surface area contributed by atoms with Crippen LogP contribution in [0.15, 0.2) is 45.7 Å². The van der Waals surface area contributed by atoms with Gasteiger partial charge in [-0.2, -0.15) is 0 Å². The number of primary amides is 1. The van der Waals surface area contributed by atoms with E-state index in [-0.39, 0.29) is 11.5 Å². The molecule has 0 aliphatic heterocycles. The zero-order valence-corrected chi connectivity index (χ0v) is 20.8. The van der Waals surface area contributed by atoms with Crippen molar-refractivity contribution < 1.29 is 9.59 Å². The SMILES string of the molecule is CC(Sc1nc2scc(-c3ccccc3)c2c(=O)[nH]1)C(=O)Nc1sc2c(c1C(N)=O)CCCC2. The van der Waals surface area contributed by atoms with Gasteiger partial charge in [0.15, 0.2) is 5.16 Å². The Hall–Kier alpha value is -2.95. The molecule has 0 spiro atoms. The van der Waals surface area contributed by atoms with Gasteiger partial charge in [-0.1, -0.05) is 42.1 Å². The number of aromatic nitrogens is 2. The first-order valence-electron chi connectivity index (χ1n) is 10.9. The summed E-state index contributed by atoms with van der Waals surface area (Å²) in [6.07, 6.45) is 3.79. The van der Waals surface area contributed by atoms with Crippen molar-refractivity contribution >= 4 is 61.5 Å². The number of H-pyrrole nitrogens is 1. The predicted molar refractivity (Wildman–Crippen MR) is 139 cm³/mol. The van der Waals surface area contributed by atoms with Crippen molar-refractivity contribution in [3.8, 4) is 11.1 Å². The van der Waals surface area contributed by atoms with Gasteiger partial charge in [0.1, 0.15) is 9.83 Å². The number of thiophene rings is 2. The Morgan fingerprint density at radius 3 is 2.74 bits per heavy atom. The van der Waals surface area contributed by atoms with E-state index in [1.54, 1.807) is 6.92 Å². The lowest BCUT2D eigenvalue weighted by atomic mass is 9.95. The Kier molecular flexibility index (Phi) is 6.28. The van der Waals surface area contributed by atoms with E-state index in [4.69, 9.17) is 5.73 Å². The number of nitrogens with two attached hydrogens (primary N) is 1. The van der Waals surface area contributed by atoms with Crippen LogP contribution < -0.4 is 16.6 Å². The molecule has 2 amide bonds. The minimum absolute atomic E-state index is 0.234. The van der Waals surface area contributed by atoms with Crippen molar-refractivity contribution in [3.05, 3.63) is 62.1 Å². The van der Waals surface area contributed by atoms with Gasteiger partial charge in [0.05, 0.1) is 16.2 Å². The number of amides is 2. The van der Waals surface area contributed by atoms with E-state index in [0.29, 0.717) is 25.9 Å². The molecular formula is C24H22N4O3S3. The largest absolute Gasteiger partial charge is 0.365 e. The van der Waals surface area contributed by atoms with Gasteiger partial charge in [0, 0.05) is 15.8 Å². The van der Waals surface area contributed by atoms with Crippen LogP contribution in [0.3, 0.4) is 0 Å². The van der Waals surface area contributed by atoms with Crippen LogP contribution in [0, 0.1) is 0 Å². The number of hydrogen-bond acceptors (Lipinski definition) is 7. The fourth-order valence-electron chi connectivity index (χ4n) is 4.16. The lowest BCUT2D eigenvalue weighted by molar-refractivity contribution is -0.115. The van der Waals surface area contributed by atoms with Crippen LogP contribution in [0.1, 0.15) is 40.6 Å². The standard InChI is InChI=1S/C24H22N4O3S3/c1-12(20(30)26-23-17(19(25)29)14-9-5-6-10-16(14)34-23)33-24-27-21(31)18-15(11-32-22(18)28-24)13-7-3-2-4-8-13/h2-4,7-8,11-12H,5-6,9-10H2,1H3,(H2,25,29)(H,26,30)(H,27,28,31). The Morgan fingerprint density at radius 1 is 1.21 bits per heavy atom. The number of fused-ring (bicyclic) bond motifs is 2. The Balaban J connectivity index is 1.37. The highest BCUT2D eigenvalue weighted by Gasteiger charge is 2.26. The summed E-state index contributed by atoms with van der Waals surface area (Å²) in [7, 11) is 0. The van der Waals surface area contributed by atoms with Crippen molar-refractivity contribution in [1.29, 1.82) is 0 Å². The number of nitrogens with zero attached hydrogens (tertiary/aromatic N) is 1. The van der Waals surface area contributed by atoms with Gasteiger partial charge in [-0.15, -0.1) is 22.7 Å². The van der Waals surface area contributed by atoms with Crippen molar-refractivity contribution in [2.24, 2.45) is 5.73 Å². The lowest BCUT2D eigenvalue weighted by Crippen LogP contribution is -2.24. The molecule has 1 unspecified atom stereocenters. The maximum absolute atomic E-state index is 12.9. The molecule has 1 aromatic carbocycles. The summed E-state index contributed by atoms with van der Waals surface area (Å²) in [6, 6.07) is 9.70. The molecule has 174 valence electrons. The summed E-state index contributed by atoms with van der Waals surface area (Å²) in [5.41, 5.74) is 8.61. The molecular weight excluding hydrogens is 488 g/mol. The van der Waals surface area contributed by atoms with Crippen molar-refractivity contribution in [2.45, 2.75) is 43.0 Å². The molecule has 1 aliphatic carbocycles. The quantitative estimate of drug-likeness (QED) is 0.254. The number of benzene rings is 1. The highest BCUT2D eigenvalue weighted by molar-refractivity contribution is 8.00. The highest BCUT2D eigenvalue weighted by Crippen LogP contribution is 2.38. The highest BCUT2D eigenvalue weighted by atomic mass is 32.2. The second-order valence-corrected chi connectivity index (χ2v) is 11.4. The topological polar surface area (TPSA) is 118 Å². The van der Waals surface area contributed by atoms with E-state index in [9.17, 15) is 14.4 Å². The Bertz CT molecular complexity index is 1460. The van der Waals surface area contributed by atoms with Gasteiger partial charge in [-0.05, 0) is 43.7 Å². The molecule has 0 saturated heterocycles. The van der Waals surface area contributed by atoms with E-state index >= 15 is 0 Å². The minimum Gasteiger partial charge on any atom is -0.365 e. The first-order chi connectivity index (χ1) is 16.4. The molecule has 4 aromatic rings. The van der Waals surface area contributed by atoms with Crippen LogP contribution in [0.2, 0.25) is 0 Å². The average Bonchev–Trinajstić information content (AvgIpc) is 3.41. The van der Waals surface area contributed by atoms with Crippen molar-refractivity contribution in [3.63, 3.8) is 0 Å². The normalized spacial score (nSPS) is 14.0. The summed E-state index contributed by atoms with van der Waals surface area (Å²) in [6.45, 7) is 1.74. The van der Waals surface area contributed by atoms with Gasteiger partial charge >= 0.3 is 0 Å². The molecule has 34 heavy (non-hydrogen) atoms. The Labute approximate surface area is 207 Å². The summed E-state index contributed by atoms with van der Waals surface area (Å²) >= 11 is 4.00. The number of hydrogen-bond donors (Lipinski definition) is 3. The third-order valence-electron chi connectivity index (χ3n) is 5.82. The molecule has 0 bridgehead atoms. The van der Waals surface area contributed by atoms with E-state index in [1.165, 1.54) is 34.4 Å². The number of aromatic amines is 1. The maximum Gasteiger partial charge on any atom is 0.260 e. The fraction of sp³-hybridized carbons (Fsp3) is 0.250. The summed E-state index contributed by atoms with van der Waals surface area (Å²) < 4.78 is 0. The zero-order valence-electron chi connectivity index (χ0n) is 18.3. The monoisotopic (exact) mass is 510 g/mol. The molecule has 10 heteroatoms. The number of thioether (sulfide) groups is 1. The zero-order chi connectivity index (χ0) is 23.8. The third-order valence-corrected chi connectivity index (χ3v) is 8.88. The molecule has 3 aromatic heterocycles. The van der Waals surface area contributed by atoms with E-state index in [1.807, 2.05) is 35.7 Å². The van der Waals surface area contributed by atoms with Gasteiger partial charge in [0.25, 0.3) is 11.5 Å². The number of nitrogens with one attached hydrogen (secondary N) is 2. The van der Waals surface area contributed by atoms with E-state index in [2.05, 4.69) is 15.3 Å². The number of carbonyl (C=O) groups is 2. The Morgan fingerprint density at radius 2 is 1.97 bits per heavy atom. The number of aryl methyl sites for hydroxylation is 1. The first-order valence-corrected chi connectivity index (χ1v) is 13.5. The van der Waals surface area contributed by atoms with Crippen LogP contribution >= 0.6 is 34.4 Å². The molecule has 5 rings (SSSR count). The van der Waals surface area contributed by atoms with Gasteiger partial charge in [-0.25, -0.2) is 4.98 Å². The van der Waals surface area contributed by atoms with Gasteiger partial charge in [-0.3, -0.25) is 14.4 Å². The molecule has 1 aliphatic rings. The smallest absolute Gasteiger partial charge is 0.260 e. The van der Waals surface area contributed by atoms with Crippen LogP contribution in [-0.4, -0.2) is 27.0 Å². The van der Waals surface area contributed by atoms with Gasteiger partial charge in [0.2, 0.25) is 5.91 Å². The number of anilines is 1. The second-order valence-electron chi connectivity index (χ2n) is 8.10. The van der Waals surface area contributed by atoms with Crippen LogP contribution in [0.4, 0.5) is 5.00 Å². The molecule has 0 fully saturated rings. The predicted octanol–water partition coefficient (Wildman–Crippen LogP) is 4.81. The van der Waals surface area contributed by atoms with Crippen LogP contribution in [0.5, 0.6) is 0 Å². The molecule has 1 atom stereocenters. The molecule has 0 radical (unpaired) electrons. The molecule has 7 nitrogen and oxygen atoms in total. The molecule has 0 saturated carbocycles. The first kappa shape index (κ1) is 22.8. The third kappa shape index (κ3) is 4.28. The average molecular weight is 511 g/mol. The van der Waals surface area contributed by atoms with Crippen molar-refractivity contribution in [2.75, 3.05) is 5.32 Å². The number of rotatable bonds is 6. The van der Waals surface area contributed by atoms with Crippen molar-refractivity contribution in [1.82, 2.24) is 9.97 Å². The molecule has 3 heterocycles. The second kappa shape index (κ2) is 9.36. The maximum atomic E-state index is 12.9. The molecule has 4 N–H and O–H groups in total. The van der Waals surface area contributed by atoms with Crippen LogP contribution in [0.25, 0.3) is 21.3 Å². The number of carbonyl (C=O) groups excluding carboxylic acids is 2. The van der Waals surface area contributed by atoms with E-state index < -0.39 is 11.2 Å². The van der Waals surface area contributed by atoms with Gasteiger partial charge < -0.3 is 16.0 Å². The summed E-state index contributed by atoms with van der Waals surface area (Å²) in [4.78, 5) is 47.1. The minimum atomic E-state index is -0.547. The van der Waals surface area contributed by atoms with E-state index in [0.717, 1.165) is 47.3 Å². The summed E-state index contributed by atoms with van der Waals surface area (Å²) in [5, 5.41) is 5.71. The lowest BCUT2D eigenvalue weighted by Gasteiger charge is -2.12. The summed E-state index contributed by atoms with van der Waals surface area (Å²) in [5.74, 6) is -0.789. The fourth-order valence-corrected chi connectivity index (χ4v) is 7.26.